The minimum Gasteiger partial charge on any atom is -0.492 e. The van der Waals surface area contributed by atoms with Gasteiger partial charge in [0.05, 0.1) is 30.2 Å². The van der Waals surface area contributed by atoms with Crippen molar-refractivity contribution >= 4 is 5.97 Å². The number of fused-ring (bicyclic) bond motifs is 1. The fourth-order valence-electron chi connectivity index (χ4n) is 7.83. The second-order valence-corrected chi connectivity index (χ2v) is 9.76. The lowest BCUT2D eigenvalue weighted by Crippen LogP contribution is -2.61. The monoisotopic (exact) mass is 417 g/mol. The van der Waals surface area contributed by atoms with Crippen molar-refractivity contribution in [2.45, 2.75) is 69.4 Å². The van der Waals surface area contributed by atoms with Crippen LogP contribution in [0, 0.1) is 17.8 Å². The fraction of sp³-hybridized carbons (Fsp3) is 0.783. The third kappa shape index (κ3) is 2.00. The van der Waals surface area contributed by atoms with Crippen LogP contribution in [0.25, 0.3) is 0 Å². The Balaban J connectivity index is 1.38. The van der Waals surface area contributed by atoms with E-state index >= 15 is 0 Å². The standard InChI is InChI=1S/C23H31NO6/c1-12-17-14-11-16-22(8-5-6-10-26-3)15(7-9-24(14)22)23(17,29-16)30-19(12)20-18(27-4)13(2)21(25)28-20/h12,14-17H,5-11H2,1-4H3/b20-19-/t12-,14-,15-,16+,17+,22-,23+/m0/s1. The number of hydrogen-bond acceptors (Lipinski definition) is 7. The molecule has 1 spiro atoms. The highest BCUT2D eigenvalue weighted by atomic mass is 16.7. The van der Waals surface area contributed by atoms with Gasteiger partial charge in [-0.2, -0.15) is 0 Å². The Morgan fingerprint density at radius 1 is 1.27 bits per heavy atom. The van der Waals surface area contributed by atoms with E-state index in [4.69, 9.17) is 23.7 Å². The van der Waals surface area contributed by atoms with Gasteiger partial charge in [-0.1, -0.05) is 6.92 Å². The lowest BCUT2D eigenvalue weighted by atomic mass is 9.69. The van der Waals surface area contributed by atoms with Crippen LogP contribution in [-0.4, -0.2) is 61.7 Å². The first-order valence-corrected chi connectivity index (χ1v) is 11.3. The maximum atomic E-state index is 12.2. The zero-order valence-corrected chi connectivity index (χ0v) is 18.2. The molecule has 0 aromatic heterocycles. The quantitative estimate of drug-likeness (QED) is 0.486. The third-order valence-corrected chi connectivity index (χ3v) is 8.77. The molecular formula is C23H31NO6. The predicted molar refractivity (Wildman–Crippen MR) is 106 cm³/mol. The average molecular weight is 418 g/mol. The van der Waals surface area contributed by atoms with Crippen LogP contribution >= 0.6 is 0 Å². The second kappa shape index (κ2) is 6.24. The normalized spacial score (nSPS) is 49.8. The van der Waals surface area contributed by atoms with Crippen LogP contribution in [0.2, 0.25) is 0 Å². The molecule has 6 aliphatic heterocycles. The molecule has 7 nitrogen and oxygen atoms in total. The smallest absolute Gasteiger partial charge is 0.343 e. The van der Waals surface area contributed by atoms with Crippen LogP contribution in [0.15, 0.2) is 22.9 Å². The van der Waals surface area contributed by atoms with Crippen molar-refractivity contribution in [2.24, 2.45) is 17.8 Å². The van der Waals surface area contributed by atoms with Gasteiger partial charge in [0.2, 0.25) is 11.5 Å². The fourth-order valence-corrected chi connectivity index (χ4v) is 7.83. The molecule has 6 aliphatic rings. The Labute approximate surface area is 177 Å². The van der Waals surface area contributed by atoms with Crippen LogP contribution in [0.5, 0.6) is 0 Å². The van der Waals surface area contributed by atoms with Gasteiger partial charge in [-0.3, -0.25) is 4.90 Å². The number of hydrogen-bond donors (Lipinski definition) is 0. The van der Waals surface area contributed by atoms with E-state index < -0.39 is 5.79 Å². The number of nitrogens with zero attached hydrogens (tertiary/aromatic N) is 1. The largest absolute Gasteiger partial charge is 0.492 e. The maximum Gasteiger partial charge on any atom is 0.343 e. The summed E-state index contributed by atoms with van der Waals surface area (Å²) >= 11 is 0. The first-order chi connectivity index (χ1) is 14.5. The number of piperidine rings is 1. The Morgan fingerprint density at radius 3 is 2.87 bits per heavy atom. The molecule has 5 fully saturated rings. The van der Waals surface area contributed by atoms with Crippen LogP contribution in [0.1, 0.15) is 46.0 Å². The van der Waals surface area contributed by atoms with Crippen molar-refractivity contribution in [3.05, 3.63) is 22.9 Å². The van der Waals surface area contributed by atoms with Crippen molar-refractivity contribution in [3.8, 4) is 0 Å². The van der Waals surface area contributed by atoms with Crippen LogP contribution in [0.4, 0.5) is 0 Å². The van der Waals surface area contributed by atoms with E-state index in [0.717, 1.165) is 51.0 Å². The van der Waals surface area contributed by atoms with E-state index in [1.807, 2.05) is 0 Å². The van der Waals surface area contributed by atoms with E-state index in [-0.39, 0.29) is 29.4 Å². The molecule has 0 saturated carbocycles. The van der Waals surface area contributed by atoms with Crippen LogP contribution in [-0.2, 0) is 28.5 Å². The van der Waals surface area contributed by atoms with Crippen LogP contribution in [0.3, 0.4) is 0 Å². The molecule has 7 heteroatoms. The van der Waals surface area contributed by atoms with Gasteiger partial charge in [-0.25, -0.2) is 4.79 Å². The summed E-state index contributed by atoms with van der Waals surface area (Å²) in [4.78, 5) is 15.0. The zero-order valence-electron chi connectivity index (χ0n) is 18.2. The first-order valence-electron chi connectivity index (χ1n) is 11.3. The Hall–Kier alpha value is -1.57. The number of unbranched alkanes of at least 4 members (excludes halogenated alkanes) is 1. The predicted octanol–water partition coefficient (Wildman–Crippen LogP) is 2.72. The number of allylic oxidation sites excluding steroid dienone is 1. The van der Waals surface area contributed by atoms with Gasteiger partial charge in [-0.05, 0) is 45.6 Å². The summed E-state index contributed by atoms with van der Waals surface area (Å²) in [5.41, 5.74) is 0.592. The summed E-state index contributed by atoms with van der Waals surface area (Å²) in [6.07, 6.45) is 5.78. The minimum atomic E-state index is -0.592. The summed E-state index contributed by atoms with van der Waals surface area (Å²) in [6, 6.07) is 0.464. The summed E-state index contributed by atoms with van der Waals surface area (Å²) in [5.74, 6) is 1.47. The van der Waals surface area contributed by atoms with E-state index in [2.05, 4.69) is 11.8 Å². The highest BCUT2D eigenvalue weighted by Gasteiger charge is 2.84. The summed E-state index contributed by atoms with van der Waals surface area (Å²) < 4.78 is 30.0. The lowest BCUT2D eigenvalue weighted by molar-refractivity contribution is -0.256. The number of rotatable bonds is 6. The summed E-state index contributed by atoms with van der Waals surface area (Å²) in [5, 5.41) is 0. The van der Waals surface area contributed by atoms with Gasteiger partial charge in [0, 0.05) is 31.6 Å². The number of carbonyl (C=O) groups is 1. The SMILES string of the molecule is COCCCC[C@@]12[C@@H]3CCN1[C@H]1C[C@H]2O[C@@]32O/C(=C3\OC(=O)C(C)=C3OC)[C@@H](C)[C@H]12. The van der Waals surface area contributed by atoms with Crippen molar-refractivity contribution in [1.29, 1.82) is 0 Å². The molecule has 164 valence electrons. The van der Waals surface area contributed by atoms with Gasteiger partial charge in [-0.15, -0.1) is 0 Å². The molecule has 0 radical (unpaired) electrons. The number of cyclic esters (lactones) is 1. The molecular weight excluding hydrogens is 386 g/mol. The third-order valence-electron chi connectivity index (χ3n) is 8.77. The summed E-state index contributed by atoms with van der Waals surface area (Å²) in [7, 11) is 3.35. The molecule has 0 N–H and O–H groups in total. The van der Waals surface area contributed by atoms with Gasteiger partial charge in [0.25, 0.3) is 0 Å². The van der Waals surface area contributed by atoms with E-state index in [1.165, 1.54) is 0 Å². The molecule has 0 aromatic carbocycles. The number of esters is 1. The topological polar surface area (TPSA) is 66.5 Å². The maximum absolute atomic E-state index is 12.2. The Morgan fingerprint density at radius 2 is 2.10 bits per heavy atom. The molecule has 1 unspecified atom stereocenters. The van der Waals surface area contributed by atoms with E-state index in [9.17, 15) is 4.79 Å². The minimum absolute atomic E-state index is 0.0942. The number of methoxy groups -OCH3 is 2. The van der Waals surface area contributed by atoms with E-state index in [1.54, 1.807) is 21.1 Å². The highest BCUT2D eigenvalue weighted by molar-refractivity contribution is 5.93. The van der Waals surface area contributed by atoms with Crippen molar-refractivity contribution in [1.82, 2.24) is 4.90 Å². The molecule has 5 saturated heterocycles. The molecule has 30 heavy (non-hydrogen) atoms. The number of ether oxygens (including phenoxy) is 5. The van der Waals surface area contributed by atoms with E-state index in [0.29, 0.717) is 29.1 Å². The zero-order chi connectivity index (χ0) is 20.8. The molecule has 0 aliphatic carbocycles. The van der Waals surface area contributed by atoms with Gasteiger partial charge in [0.15, 0.2) is 5.76 Å². The molecule has 0 aromatic rings. The van der Waals surface area contributed by atoms with Crippen molar-refractivity contribution < 1.29 is 28.5 Å². The molecule has 6 rings (SSSR count). The summed E-state index contributed by atoms with van der Waals surface area (Å²) in [6.45, 7) is 5.88. The van der Waals surface area contributed by atoms with Crippen molar-refractivity contribution in [2.75, 3.05) is 27.4 Å². The van der Waals surface area contributed by atoms with Gasteiger partial charge in [0.1, 0.15) is 5.76 Å². The van der Waals surface area contributed by atoms with Crippen molar-refractivity contribution in [3.63, 3.8) is 0 Å². The molecule has 6 heterocycles. The van der Waals surface area contributed by atoms with Gasteiger partial charge >= 0.3 is 5.97 Å². The van der Waals surface area contributed by atoms with Gasteiger partial charge < -0.3 is 23.7 Å². The highest BCUT2D eigenvalue weighted by Crippen LogP contribution is 2.73. The molecule has 0 amide bonds. The molecule has 5 bridgehead atoms. The Kier molecular flexibility index (Phi) is 3.98. The lowest BCUT2D eigenvalue weighted by Gasteiger charge is -2.48. The number of carbonyl (C=O) groups excluding carboxylic acids is 1. The Bertz CT molecular complexity index is 866. The first kappa shape index (κ1) is 19.1. The molecule has 8 atom stereocenters. The average Bonchev–Trinajstić information content (AvgIpc) is 3.43. The van der Waals surface area contributed by atoms with Crippen LogP contribution < -0.4 is 0 Å². The second-order valence-electron chi connectivity index (χ2n) is 9.76.